The number of methoxy groups -OCH3 is 1. The van der Waals surface area contributed by atoms with Gasteiger partial charge in [-0.2, -0.15) is 0 Å². The molecule has 18 heavy (non-hydrogen) atoms. The largest absolute Gasteiger partial charge is 0.496 e. The zero-order valence-electron chi connectivity index (χ0n) is 10.4. The summed E-state index contributed by atoms with van der Waals surface area (Å²) in [5.41, 5.74) is 2.65. The monoisotopic (exact) mass is 262 g/mol. The van der Waals surface area contributed by atoms with Crippen LogP contribution in [-0.2, 0) is 0 Å². The Hall–Kier alpha value is -1.51. The molecule has 0 aliphatic rings. The fourth-order valence-electron chi connectivity index (χ4n) is 1.85. The van der Waals surface area contributed by atoms with Crippen molar-refractivity contribution in [2.45, 2.75) is 13.0 Å². The van der Waals surface area contributed by atoms with Gasteiger partial charge in [0.05, 0.1) is 7.11 Å². The summed E-state index contributed by atoms with van der Waals surface area (Å²) in [6.45, 7) is 2.01. The van der Waals surface area contributed by atoms with Crippen LogP contribution in [0.5, 0.6) is 5.75 Å². The minimum Gasteiger partial charge on any atom is -0.496 e. The fourth-order valence-corrected chi connectivity index (χ4v) is 2.03. The van der Waals surface area contributed by atoms with Crippen LogP contribution in [0.2, 0.25) is 5.02 Å². The first-order valence-corrected chi connectivity index (χ1v) is 6.07. The summed E-state index contributed by atoms with van der Waals surface area (Å²) in [5, 5.41) is 11.0. The topological polar surface area (TPSA) is 29.5 Å². The van der Waals surface area contributed by atoms with Crippen LogP contribution in [0.3, 0.4) is 0 Å². The first-order chi connectivity index (χ1) is 8.61. The highest BCUT2D eigenvalue weighted by Gasteiger charge is 2.15. The summed E-state index contributed by atoms with van der Waals surface area (Å²) in [5.74, 6) is 0.632. The van der Waals surface area contributed by atoms with E-state index in [4.69, 9.17) is 16.3 Å². The smallest absolute Gasteiger partial charge is 0.125 e. The number of aliphatic hydroxyl groups excluding tert-OH is 1. The Bertz CT molecular complexity index is 535. The predicted molar refractivity (Wildman–Crippen MR) is 73.2 cm³/mol. The molecule has 1 unspecified atom stereocenters. The molecule has 2 aromatic rings. The number of aliphatic hydroxyl groups is 1. The average Bonchev–Trinajstić information content (AvgIpc) is 2.39. The highest BCUT2D eigenvalue weighted by Crippen LogP contribution is 2.32. The van der Waals surface area contributed by atoms with Crippen molar-refractivity contribution in [3.63, 3.8) is 0 Å². The van der Waals surface area contributed by atoms with E-state index in [9.17, 15) is 5.11 Å². The molecule has 0 saturated carbocycles. The van der Waals surface area contributed by atoms with E-state index in [0.717, 1.165) is 11.1 Å². The lowest BCUT2D eigenvalue weighted by Gasteiger charge is -2.15. The fraction of sp³-hybridized carbons (Fsp3) is 0.200. The summed E-state index contributed by atoms with van der Waals surface area (Å²) in [4.78, 5) is 0. The highest BCUT2D eigenvalue weighted by molar-refractivity contribution is 6.30. The van der Waals surface area contributed by atoms with Gasteiger partial charge < -0.3 is 9.84 Å². The normalized spacial score (nSPS) is 12.2. The minimum atomic E-state index is -0.737. The van der Waals surface area contributed by atoms with Gasteiger partial charge in [-0.05, 0) is 30.7 Å². The van der Waals surface area contributed by atoms with E-state index in [0.29, 0.717) is 16.3 Å². The van der Waals surface area contributed by atoms with Gasteiger partial charge >= 0.3 is 0 Å². The molecule has 2 aromatic carbocycles. The molecule has 2 rings (SSSR count). The maximum absolute atomic E-state index is 10.4. The molecule has 0 bridgehead atoms. The van der Waals surface area contributed by atoms with Gasteiger partial charge in [0.15, 0.2) is 0 Å². The van der Waals surface area contributed by atoms with Gasteiger partial charge in [0, 0.05) is 10.6 Å². The molecule has 1 N–H and O–H groups in total. The van der Waals surface area contributed by atoms with Crippen LogP contribution in [0.25, 0.3) is 0 Å². The van der Waals surface area contributed by atoms with Crippen LogP contribution in [-0.4, -0.2) is 12.2 Å². The van der Waals surface area contributed by atoms with Gasteiger partial charge in [0.25, 0.3) is 0 Å². The van der Waals surface area contributed by atoms with Crippen LogP contribution in [0.4, 0.5) is 0 Å². The van der Waals surface area contributed by atoms with Crippen molar-refractivity contribution in [2.75, 3.05) is 7.11 Å². The quantitative estimate of drug-likeness (QED) is 0.913. The van der Waals surface area contributed by atoms with Crippen LogP contribution >= 0.6 is 11.6 Å². The van der Waals surface area contributed by atoms with E-state index in [-0.39, 0.29) is 0 Å². The van der Waals surface area contributed by atoms with Crippen LogP contribution in [0, 0.1) is 6.92 Å². The number of rotatable bonds is 3. The van der Waals surface area contributed by atoms with Crippen LogP contribution in [0.1, 0.15) is 22.8 Å². The zero-order valence-corrected chi connectivity index (χ0v) is 11.1. The number of aryl methyl sites for hydroxylation is 1. The van der Waals surface area contributed by atoms with E-state index in [1.54, 1.807) is 25.3 Å². The Morgan fingerprint density at radius 1 is 1.11 bits per heavy atom. The maximum Gasteiger partial charge on any atom is 0.125 e. The van der Waals surface area contributed by atoms with Crippen molar-refractivity contribution >= 4 is 11.6 Å². The van der Waals surface area contributed by atoms with E-state index in [2.05, 4.69) is 0 Å². The molecule has 0 radical (unpaired) electrons. The lowest BCUT2D eigenvalue weighted by atomic mass is 10.00. The van der Waals surface area contributed by atoms with Crippen molar-refractivity contribution in [1.82, 2.24) is 0 Å². The molecule has 0 spiro atoms. The standard InChI is InChI=1S/C15H15ClO2/c1-10-3-5-11(6-4-10)15(17)13-9-12(16)7-8-14(13)18-2/h3-9,15,17H,1-2H3. The molecule has 3 heteroatoms. The van der Waals surface area contributed by atoms with Crippen molar-refractivity contribution in [3.8, 4) is 5.75 Å². The highest BCUT2D eigenvalue weighted by atomic mass is 35.5. The number of hydrogen-bond donors (Lipinski definition) is 1. The second-order valence-corrected chi connectivity index (χ2v) is 4.64. The first-order valence-electron chi connectivity index (χ1n) is 5.70. The van der Waals surface area contributed by atoms with E-state index < -0.39 is 6.10 Å². The minimum absolute atomic E-state index is 0.581. The molecule has 0 aliphatic heterocycles. The summed E-state index contributed by atoms with van der Waals surface area (Å²) in [7, 11) is 1.58. The molecule has 0 saturated heterocycles. The third-order valence-electron chi connectivity index (χ3n) is 2.88. The van der Waals surface area contributed by atoms with E-state index in [1.165, 1.54) is 0 Å². The van der Waals surface area contributed by atoms with E-state index in [1.807, 2.05) is 31.2 Å². The molecule has 0 aliphatic carbocycles. The Morgan fingerprint density at radius 2 is 1.78 bits per heavy atom. The molecular weight excluding hydrogens is 248 g/mol. The molecule has 0 amide bonds. The van der Waals surface area contributed by atoms with Gasteiger partial charge in [-0.3, -0.25) is 0 Å². The van der Waals surface area contributed by atoms with Crippen LogP contribution in [0.15, 0.2) is 42.5 Å². The van der Waals surface area contributed by atoms with Crippen molar-refractivity contribution < 1.29 is 9.84 Å². The van der Waals surface area contributed by atoms with Gasteiger partial charge in [-0.25, -0.2) is 0 Å². The van der Waals surface area contributed by atoms with Gasteiger partial charge in [-0.1, -0.05) is 41.4 Å². The van der Waals surface area contributed by atoms with Gasteiger partial charge in [0.1, 0.15) is 11.9 Å². The number of ether oxygens (including phenoxy) is 1. The molecule has 0 fully saturated rings. The van der Waals surface area contributed by atoms with Crippen LogP contribution < -0.4 is 4.74 Å². The summed E-state index contributed by atoms with van der Waals surface area (Å²) in [6, 6.07) is 13.0. The summed E-state index contributed by atoms with van der Waals surface area (Å²) >= 11 is 5.96. The van der Waals surface area contributed by atoms with E-state index >= 15 is 0 Å². The average molecular weight is 263 g/mol. The summed E-state index contributed by atoms with van der Waals surface area (Å²) < 4.78 is 5.25. The SMILES string of the molecule is COc1ccc(Cl)cc1C(O)c1ccc(C)cc1. The van der Waals surface area contributed by atoms with Gasteiger partial charge in [-0.15, -0.1) is 0 Å². The lowest BCUT2D eigenvalue weighted by molar-refractivity contribution is 0.214. The lowest BCUT2D eigenvalue weighted by Crippen LogP contribution is -2.02. The Morgan fingerprint density at radius 3 is 2.39 bits per heavy atom. The Balaban J connectivity index is 2.41. The van der Waals surface area contributed by atoms with Crippen molar-refractivity contribution in [2.24, 2.45) is 0 Å². The summed E-state index contributed by atoms with van der Waals surface area (Å²) in [6.07, 6.45) is -0.737. The maximum atomic E-state index is 10.4. The van der Waals surface area contributed by atoms with Crippen molar-refractivity contribution in [1.29, 1.82) is 0 Å². The first kappa shape index (κ1) is 12.9. The molecule has 94 valence electrons. The number of halogens is 1. The molecule has 1 atom stereocenters. The van der Waals surface area contributed by atoms with Crippen molar-refractivity contribution in [3.05, 3.63) is 64.2 Å². The second kappa shape index (κ2) is 5.42. The Kier molecular flexibility index (Phi) is 3.90. The van der Waals surface area contributed by atoms with Gasteiger partial charge in [0.2, 0.25) is 0 Å². The number of benzene rings is 2. The Labute approximate surface area is 112 Å². The number of hydrogen-bond acceptors (Lipinski definition) is 2. The third kappa shape index (κ3) is 2.66. The second-order valence-electron chi connectivity index (χ2n) is 4.20. The molecular formula is C15H15ClO2. The zero-order chi connectivity index (χ0) is 13.1. The molecule has 0 aromatic heterocycles. The third-order valence-corrected chi connectivity index (χ3v) is 3.11. The predicted octanol–water partition coefficient (Wildman–Crippen LogP) is 3.74. The molecule has 2 nitrogen and oxygen atoms in total. The molecule has 0 heterocycles.